The molecule has 192 valence electrons. The third-order valence-electron chi connectivity index (χ3n) is 5.72. The number of hydrogen-bond acceptors (Lipinski definition) is 7. The summed E-state index contributed by atoms with van der Waals surface area (Å²) >= 11 is 1.43. The molecular formula is C27H22FN5O4S. The highest BCUT2D eigenvalue weighted by atomic mass is 32.1. The van der Waals surface area contributed by atoms with E-state index in [4.69, 9.17) is 10.5 Å². The number of aromatic nitrogens is 3. The fraction of sp³-hybridized carbons (Fsp3) is 0.111. The number of ether oxygens (including phenoxy) is 1. The van der Waals surface area contributed by atoms with E-state index in [0.29, 0.717) is 11.3 Å². The Morgan fingerprint density at radius 1 is 1.13 bits per heavy atom. The van der Waals surface area contributed by atoms with Crippen molar-refractivity contribution in [2.75, 3.05) is 4.90 Å². The number of pyridine rings is 1. The number of nitrogens with zero attached hydrogens (tertiary/aromatic N) is 4. The summed E-state index contributed by atoms with van der Waals surface area (Å²) in [6.07, 6.45) is 4.65. The first kappa shape index (κ1) is 24.9. The standard InChI is InChI=1S/C27H22FN5O4S/c1-2-32-14-19(31-15-32)24-12-18-27(38-24)23(9-10-30-18)37-22-8-7-16(11-17(22)28)33(26(36)13-25(29)35)20-5-3-4-6-21(20)34/h3-12,14-15,34H,2,13H2,1H3,(H2,29,35). The van der Waals surface area contributed by atoms with Crippen LogP contribution in [-0.2, 0) is 16.1 Å². The Balaban J connectivity index is 1.48. The number of phenolic OH excluding ortho intramolecular Hbond substituents is 1. The number of rotatable bonds is 8. The molecule has 0 unspecified atom stereocenters. The number of halogens is 1. The number of para-hydroxylation sites is 2. The van der Waals surface area contributed by atoms with Gasteiger partial charge in [-0.15, -0.1) is 11.3 Å². The summed E-state index contributed by atoms with van der Waals surface area (Å²) in [5.74, 6) is -2.21. The maximum atomic E-state index is 15.3. The lowest BCUT2D eigenvalue weighted by atomic mass is 10.2. The van der Waals surface area contributed by atoms with E-state index in [0.717, 1.165) is 32.8 Å². The molecule has 0 atom stereocenters. The van der Waals surface area contributed by atoms with Crippen LogP contribution in [0.3, 0.4) is 0 Å². The van der Waals surface area contributed by atoms with E-state index in [9.17, 15) is 14.7 Å². The summed E-state index contributed by atoms with van der Waals surface area (Å²) in [7, 11) is 0. The number of carbonyl (C=O) groups excluding carboxylic acids is 2. The maximum absolute atomic E-state index is 15.3. The molecule has 38 heavy (non-hydrogen) atoms. The first-order valence-electron chi connectivity index (χ1n) is 11.6. The summed E-state index contributed by atoms with van der Waals surface area (Å²) in [4.78, 5) is 35.0. The molecule has 9 nitrogen and oxygen atoms in total. The van der Waals surface area contributed by atoms with Crippen molar-refractivity contribution in [2.24, 2.45) is 5.73 Å². The molecule has 2 aromatic carbocycles. The third-order valence-corrected chi connectivity index (χ3v) is 6.88. The third kappa shape index (κ3) is 4.91. The molecule has 0 aliphatic rings. The van der Waals surface area contributed by atoms with Crippen molar-refractivity contribution >= 4 is 44.7 Å². The van der Waals surface area contributed by atoms with Crippen molar-refractivity contribution < 1.29 is 23.8 Å². The second-order valence-corrected chi connectivity index (χ2v) is 9.35. The number of primary amides is 1. The lowest BCUT2D eigenvalue weighted by Gasteiger charge is -2.24. The van der Waals surface area contributed by atoms with Crippen LogP contribution < -0.4 is 15.4 Å². The van der Waals surface area contributed by atoms with Crippen LogP contribution in [0.2, 0.25) is 0 Å². The molecule has 0 aliphatic heterocycles. The van der Waals surface area contributed by atoms with Crippen LogP contribution in [-0.4, -0.2) is 31.5 Å². The Hall–Kier alpha value is -4.77. The van der Waals surface area contributed by atoms with Crippen LogP contribution in [0.15, 0.2) is 73.3 Å². The van der Waals surface area contributed by atoms with E-state index in [1.54, 1.807) is 30.7 Å². The van der Waals surface area contributed by atoms with Crippen LogP contribution >= 0.6 is 11.3 Å². The van der Waals surface area contributed by atoms with E-state index in [1.807, 2.05) is 23.8 Å². The van der Waals surface area contributed by atoms with Crippen LogP contribution in [0.4, 0.5) is 15.8 Å². The Labute approximate surface area is 220 Å². The molecule has 2 amide bonds. The minimum atomic E-state index is -0.852. The minimum Gasteiger partial charge on any atom is -0.506 e. The fourth-order valence-electron chi connectivity index (χ4n) is 3.91. The van der Waals surface area contributed by atoms with Crippen molar-refractivity contribution in [3.05, 3.63) is 79.1 Å². The molecule has 3 heterocycles. The SMILES string of the molecule is CCn1cnc(-c2cc3nccc(Oc4ccc(N(C(=O)CC(N)=O)c5ccccc5O)cc4F)c3s2)c1. The number of nitrogens with two attached hydrogens (primary N) is 1. The smallest absolute Gasteiger partial charge is 0.241 e. The van der Waals surface area contributed by atoms with Gasteiger partial charge in [0.2, 0.25) is 11.8 Å². The van der Waals surface area contributed by atoms with Gasteiger partial charge in [-0.1, -0.05) is 12.1 Å². The van der Waals surface area contributed by atoms with Gasteiger partial charge in [0.05, 0.1) is 38.5 Å². The molecule has 11 heteroatoms. The lowest BCUT2D eigenvalue weighted by Crippen LogP contribution is -2.30. The summed E-state index contributed by atoms with van der Waals surface area (Å²) in [6, 6.07) is 13.5. The van der Waals surface area contributed by atoms with Gasteiger partial charge in [-0.2, -0.15) is 0 Å². The second kappa shape index (κ2) is 10.3. The normalized spacial score (nSPS) is 11.0. The Bertz CT molecular complexity index is 1660. The highest BCUT2D eigenvalue weighted by Crippen LogP contribution is 2.40. The lowest BCUT2D eigenvalue weighted by molar-refractivity contribution is -0.125. The molecule has 0 bridgehead atoms. The summed E-state index contributed by atoms with van der Waals surface area (Å²) in [5.41, 5.74) is 6.87. The number of hydrogen-bond donors (Lipinski definition) is 2. The van der Waals surface area contributed by atoms with Crippen LogP contribution in [0, 0.1) is 5.82 Å². The first-order valence-corrected chi connectivity index (χ1v) is 12.4. The van der Waals surface area contributed by atoms with E-state index in [2.05, 4.69) is 9.97 Å². The van der Waals surface area contributed by atoms with Crippen molar-refractivity contribution in [3.8, 4) is 27.8 Å². The number of anilines is 2. The number of thiophene rings is 1. The van der Waals surface area contributed by atoms with Gasteiger partial charge in [0.25, 0.3) is 0 Å². The number of aromatic hydroxyl groups is 1. The van der Waals surface area contributed by atoms with Crippen LogP contribution in [0.1, 0.15) is 13.3 Å². The molecule has 5 rings (SSSR count). The number of aryl methyl sites for hydroxylation is 1. The van der Waals surface area contributed by atoms with Gasteiger partial charge in [-0.3, -0.25) is 19.5 Å². The molecule has 5 aromatic rings. The summed E-state index contributed by atoms with van der Waals surface area (Å²) in [5, 5.41) is 10.3. The zero-order valence-electron chi connectivity index (χ0n) is 20.2. The number of fused-ring (bicyclic) bond motifs is 1. The highest BCUT2D eigenvalue weighted by Gasteiger charge is 2.24. The van der Waals surface area contributed by atoms with Crippen LogP contribution in [0.25, 0.3) is 20.8 Å². The number of phenols is 1. The molecule has 0 saturated carbocycles. The van der Waals surface area contributed by atoms with E-state index >= 15 is 4.39 Å². The molecule has 3 N–H and O–H groups in total. The highest BCUT2D eigenvalue weighted by molar-refractivity contribution is 7.22. The van der Waals surface area contributed by atoms with E-state index in [-0.39, 0.29) is 22.9 Å². The predicted octanol–water partition coefficient (Wildman–Crippen LogP) is 5.36. The number of amides is 2. The fourth-order valence-corrected chi connectivity index (χ4v) is 4.94. The molecule has 0 aliphatic carbocycles. The monoisotopic (exact) mass is 531 g/mol. The molecule has 0 spiro atoms. The molecule has 0 fully saturated rings. The average Bonchev–Trinajstić information content (AvgIpc) is 3.54. The Morgan fingerprint density at radius 2 is 1.95 bits per heavy atom. The zero-order chi connectivity index (χ0) is 26.8. The van der Waals surface area contributed by atoms with Gasteiger partial charge in [0, 0.05) is 31.1 Å². The quantitative estimate of drug-likeness (QED) is 0.260. The van der Waals surface area contributed by atoms with Crippen molar-refractivity contribution in [3.63, 3.8) is 0 Å². The van der Waals surface area contributed by atoms with Crippen molar-refractivity contribution in [1.82, 2.24) is 14.5 Å². The first-order chi connectivity index (χ1) is 18.3. The molecular weight excluding hydrogens is 509 g/mol. The van der Waals surface area contributed by atoms with Gasteiger partial charge < -0.3 is 20.1 Å². The summed E-state index contributed by atoms with van der Waals surface area (Å²) in [6.45, 7) is 2.83. The van der Waals surface area contributed by atoms with E-state index < -0.39 is 24.1 Å². The average molecular weight is 532 g/mol. The second-order valence-electron chi connectivity index (χ2n) is 8.30. The number of carbonyl (C=O) groups is 2. The maximum Gasteiger partial charge on any atom is 0.241 e. The number of imidazole rings is 1. The zero-order valence-corrected chi connectivity index (χ0v) is 21.0. The van der Waals surface area contributed by atoms with Crippen molar-refractivity contribution in [2.45, 2.75) is 19.9 Å². The summed E-state index contributed by atoms with van der Waals surface area (Å²) < 4.78 is 23.9. The van der Waals surface area contributed by atoms with Gasteiger partial charge in [-0.05, 0) is 37.3 Å². The Morgan fingerprint density at radius 3 is 2.66 bits per heavy atom. The van der Waals surface area contributed by atoms with Gasteiger partial charge in [0.1, 0.15) is 17.9 Å². The Kier molecular flexibility index (Phi) is 6.75. The molecule has 0 radical (unpaired) electrons. The van der Waals surface area contributed by atoms with Crippen molar-refractivity contribution in [1.29, 1.82) is 0 Å². The van der Waals surface area contributed by atoms with Crippen LogP contribution in [0.5, 0.6) is 17.2 Å². The largest absolute Gasteiger partial charge is 0.506 e. The van der Waals surface area contributed by atoms with Gasteiger partial charge in [-0.25, -0.2) is 9.37 Å². The predicted molar refractivity (Wildman–Crippen MR) is 142 cm³/mol. The topological polar surface area (TPSA) is 124 Å². The van der Waals surface area contributed by atoms with Gasteiger partial charge in [0.15, 0.2) is 11.6 Å². The number of benzene rings is 2. The molecule has 0 saturated heterocycles. The van der Waals surface area contributed by atoms with E-state index in [1.165, 1.54) is 35.6 Å². The van der Waals surface area contributed by atoms with Gasteiger partial charge >= 0.3 is 0 Å². The molecule has 3 aromatic heterocycles. The minimum absolute atomic E-state index is 0.0777.